The number of carbonyl (C=O) groups excluding carboxylic acids is 3. The summed E-state index contributed by atoms with van der Waals surface area (Å²) in [6.07, 6.45) is 1.06. The van der Waals surface area contributed by atoms with Gasteiger partial charge in [-0.25, -0.2) is 4.79 Å². The van der Waals surface area contributed by atoms with Crippen LogP contribution < -0.4 is 10.2 Å². The summed E-state index contributed by atoms with van der Waals surface area (Å²) in [4.78, 5) is 39.9. The van der Waals surface area contributed by atoms with Crippen LogP contribution in [0.15, 0.2) is 41.8 Å². The number of nitrogens with one attached hydrogen (secondary N) is 1. The van der Waals surface area contributed by atoms with Crippen molar-refractivity contribution in [1.82, 2.24) is 10.2 Å². The van der Waals surface area contributed by atoms with Crippen molar-refractivity contribution in [3.05, 3.63) is 52.2 Å². The second-order valence-corrected chi connectivity index (χ2v) is 8.06. The molecule has 2 aliphatic rings. The minimum absolute atomic E-state index is 0.00773. The standard InChI is InChI=1S/C20H21N3O4S/c24-17-12-23(20(27)21-17)15-5-3-14(4-6-15)19(26)22-9-7-13(8-10-22)18(25)16-2-1-11-28-16/h1-6,11,13,18,25H,7-10,12H2,(H,21,24,27). The number of piperidine rings is 1. The van der Waals surface area contributed by atoms with E-state index in [1.54, 1.807) is 40.5 Å². The van der Waals surface area contributed by atoms with E-state index in [1.807, 2.05) is 17.5 Å². The molecule has 2 fully saturated rings. The van der Waals surface area contributed by atoms with Crippen molar-refractivity contribution in [2.24, 2.45) is 5.92 Å². The number of aliphatic hydroxyl groups excluding tert-OH is 1. The monoisotopic (exact) mass is 399 g/mol. The van der Waals surface area contributed by atoms with Crippen LogP contribution in [0.1, 0.15) is 34.2 Å². The van der Waals surface area contributed by atoms with Crippen LogP contribution in [0.5, 0.6) is 0 Å². The highest BCUT2D eigenvalue weighted by atomic mass is 32.1. The summed E-state index contributed by atoms with van der Waals surface area (Å²) < 4.78 is 0. The highest BCUT2D eigenvalue weighted by molar-refractivity contribution is 7.10. The van der Waals surface area contributed by atoms with Gasteiger partial charge in [-0.2, -0.15) is 0 Å². The molecule has 3 heterocycles. The molecule has 4 amide bonds. The number of benzene rings is 1. The lowest BCUT2D eigenvalue weighted by Gasteiger charge is -2.34. The maximum absolute atomic E-state index is 12.8. The molecule has 146 valence electrons. The van der Waals surface area contributed by atoms with E-state index in [-0.39, 0.29) is 24.3 Å². The Morgan fingerprint density at radius 1 is 1.14 bits per heavy atom. The summed E-state index contributed by atoms with van der Waals surface area (Å²) in [5.41, 5.74) is 1.13. The summed E-state index contributed by atoms with van der Waals surface area (Å²) in [6, 6.07) is 10.2. The third kappa shape index (κ3) is 3.65. The molecule has 0 bridgehead atoms. The third-order valence-electron chi connectivity index (χ3n) is 5.33. The van der Waals surface area contributed by atoms with Gasteiger partial charge in [-0.3, -0.25) is 19.8 Å². The first-order valence-electron chi connectivity index (χ1n) is 9.25. The molecule has 1 unspecified atom stereocenters. The first kappa shape index (κ1) is 18.6. The number of hydrogen-bond acceptors (Lipinski definition) is 5. The zero-order valence-corrected chi connectivity index (χ0v) is 16.0. The maximum atomic E-state index is 12.8. The lowest BCUT2D eigenvalue weighted by molar-refractivity contribution is -0.117. The molecule has 2 saturated heterocycles. The summed E-state index contributed by atoms with van der Waals surface area (Å²) in [7, 11) is 0. The Morgan fingerprint density at radius 2 is 1.86 bits per heavy atom. The van der Waals surface area contributed by atoms with Gasteiger partial charge in [0.25, 0.3) is 5.91 Å². The molecular formula is C20H21N3O4S. The predicted molar refractivity (Wildman–Crippen MR) is 105 cm³/mol. The van der Waals surface area contributed by atoms with E-state index in [1.165, 1.54) is 4.90 Å². The number of thiophene rings is 1. The number of anilines is 1. The van der Waals surface area contributed by atoms with Crippen LogP contribution in [0.25, 0.3) is 0 Å². The Labute approximate surface area is 166 Å². The molecular weight excluding hydrogens is 378 g/mol. The first-order chi connectivity index (χ1) is 13.5. The van der Waals surface area contributed by atoms with Gasteiger partial charge < -0.3 is 10.0 Å². The van der Waals surface area contributed by atoms with Crippen LogP contribution in [0, 0.1) is 5.92 Å². The SMILES string of the molecule is O=C1CN(c2ccc(C(=O)N3CCC(C(O)c4cccs4)CC3)cc2)C(=O)N1. The molecule has 2 N–H and O–H groups in total. The van der Waals surface area contributed by atoms with Crippen LogP contribution in [-0.2, 0) is 4.79 Å². The Balaban J connectivity index is 1.36. The lowest BCUT2D eigenvalue weighted by atomic mass is 9.90. The van der Waals surface area contributed by atoms with Crippen molar-refractivity contribution in [2.75, 3.05) is 24.5 Å². The van der Waals surface area contributed by atoms with Gasteiger partial charge in [0, 0.05) is 29.2 Å². The average molecular weight is 399 g/mol. The largest absolute Gasteiger partial charge is 0.387 e. The van der Waals surface area contributed by atoms with Gasteiger partial charge in [0.1, 0.15) is 6.54 Å². The number of imide groups is 1. The Bertz CT molecular complexity index is 873. The van der Waals surface area contributed by atoms with Crippen molar-refractivity contribution in [3.8, 4) is 0 Å². The van der Waals surface area contributed by atoms with Crippen LogP contribution in [0.2, 0.25) is 0 Å². The fourth-order valence-electron chi connectivity index (χ4n) is 3.73. The predicted octanol–water partition coefficient (Wildman–Crippen LogP) is 2.39. The minimum atomic E-state index is -0.467. The highest BCUT2D eigenvalue weighted by Crippen LogP contribution is 2.33. The van der Waals surface area contributed by atoms with E-state index in [4.69, 9.17) is 0 Å². The Hall–Kier alpha value is -2.71. The van der Waals surface area contributed by atoms with E-state index in [0.717, 1.165) is 17.7 Å². The van der Waals surface area contributed by atoms with E-state index in [2.05, 4.69) is 5.32 Å². The van der Waals surface area contributed by atoms with Crippen molar-refractivity contribution in [2.45, 2.75) is 18.9 Å². The molecule has 1 aromatic carbocycles. The third-order valence-corrected chi connectivity index (χ3v) is 6.27. The summed E-state index contributed by atoms with van der Waals surface area (Å²) in [6.45, 7) is 1.21. The number of rotatable bonds is 4. The van der Waals surface area contributed by atoms with Crippen LogP contribution in [-0.4, -0.2) is 47.5 Å². The van der Waals surface area contributed by atoms with Crippen LogP contribution >= 0.6 is 11.3 Å². The second-order valence-electron chi connectivity index (χ2n) is 7.08. The maximum Gasteiger partial charge on any atom is 0.329 e. The second kappa shape index (κ2) is 7.73. The van der Waals surface area contributed by atoms with E-state index in [0.29, 0.717) is 24.3 Å². The number of aliphatic hydroxyl groups is 1. The van der Waals surface area contributed by atoms with Crippen molar-refractivity contribution in [1.29, 1.82) is 0 Å². The smallest absolute Gasteiger partial charge is 0.329 e. The zero-order chi connectivity index (χ0) is 19.7. The number of carbonyl (C=O) groups is 3. The lowest BCUT2D eigenvalue weighted by Crippen LogP contribution is -2.39. The topological polar surface area (TPSA) is 90.0 Å². The highest BCUT2D eigenvalue weighted by Gasteiger charge is 2.30. The van der Waals surface area contributed by atoms with E-state index < -0.39 is 12.1 Å². The minimum Gasteiger partial charge on any atom is -0.387 e. The van der Waals surface area contributed by atoms with Crippen LogP contribution in [0.3, 0.4) is 0 Å². The van der Waals surface area contributed by atoms with E-state index in [9.17, 15) is 19.5 Å². The molecule has 7 nitrogen and oxygen atoms in total. The molecule has 28 heavy (non-hydrogen) atoms. The number of likely N-dealkylation sites (tertiary alicyclic amines) is 1. The van der Waals surface area contributed by atoms with E-state index >= 15 is 0 Å². The van der Waals surface area contributed by atoms with Gasteiger partial charge in [0.2, 0.25) is 5.91 Å². The number of nitrogens with zero attached hydrogens (tertiary/aromatic N) is 2. The molecule has 0 radical (unpaired) electrons. The molecule has 2 aromatic rings. The normalized spacial score (nSPS) is 19.0. The first-order valence-corrected chi connectivity index (χ1v) is 10.1. The average Bonchev–Trinajstić information content (AvgIpc) is 3.37. The van der Waals surface area contributed by atoms with Gasteiger partial charge in [-0.15, -0.1) is 11.3 Å². The van der Waals surface area contributed by atoms with Gasteiger partial charge in [-0.1, -0.05) is 6.07 Å². The fourth-order valence-corrected chi connectivity index (χ4v) is 4.53. The fraction of sp³-hybridized carbons (Fsp3) is 0.350. The Kier molecular flexibility index (Phi) is 5.15. The van der Waals surface area contributed by atoms with Crippen molar-refractivity contribution >= 4 is 34.9 Å². The summed E-state index contributed by atoms with van der Waals surface area (Å²) >= 11 is 1.56. The number of hydrogen-bond donors (Lipinski definition) is 2. The van der Waals surface area contributed by atoms with Gasteiger partial charge in [-0.05, 0) is 54.5 Å². The molecule has 4 rings (SSSR count). The summed E-state index contributed by atoms with van der Waals surface area (Å²) in [5, 5.41) is 14.7. The van der Waals surface area contributed by atoms with Crippen LogP contribution in [0.4, 0.5) is 10.5 Å². The number of amides is 4. The van der Waals surface area contributed by atoms with Gasteiger partial charge in [0.15, 0.2) is 0 Å². The molecule has 0 spiro atoms. The van der Waals surface area contributed by atoms with Crippen molar-refractivity contribution in [3.63, 3.8) is 0 Å². The summed E-state index contributed by atoms with van der Waals surface area (Å²) in [5.74, 6) is -0.230. The molecule has 1 aromatic heterocycles. The van der Waals surface area contributed by atoms with Gasteiger partial charge >= 0.3 is 6.03 Å². The van der Waals surface area contributed by atoms with Crippen molar-refractivity contribution < 1.29 is 19.5 Å². The Morgan fingerprint density at radius 3 is 2.43 bits per heavy atom. The molecule has 2 aliphatic heterocycles. The quantitative estimate of drug-likeness (QED) is 0.773. The molecule has 1 atom stereocenters. The molecule has 0 aliphatic carbocycles. The number of urea groups is 1. The zero-order valence-electron chi connectivity index (χ0n) is 15.2. The van der Waals surface area contributed by atoms with Gasteiger partial charge in [0.05, 0.1) is 6.10 Å². The molecule has 0 saturated carbocycles. The molecule has 8 heteroatoms.